The Labute approximate surface area is 193 Å². The van der Waals surface area contributed by atoms with Crippen LogP contribution < -0.4 is 15.5 Å². The fraction of sp³-hybridized carbons (Fsp3) is 0.348. The maximum absolute atomic E-state index is 12.5. The summed E-state index contributed by atoms with van der Waals surface area (Å²) in [5.74, 6) is -0.172. The predicted molar refractivity (Wildman–Crippen MR) is 130 cm³/mol. The highest BCUT2D eigenvalue weighted by molar-refractivity contribution is 7.80. The van der Waals surface area contributed by atoms with E-state index in [0.29, 0.717) is 23.7 Å². The molecular weight excluding hydrogens is 432 g/mol. The first-order chi connectivity index (χ1) is 14.8. The van der Waals surface area contributed by atoms with Crippen LogP contribution in [0.2, 0.25) is 5.02 Å². The highest BCUT2D eigenvalue weighted by Gasteiger charge is 2.24. The van der Waals surface area contributed by atoms with Crippen LogP contribution in [0.15, 0.2) is 42.5 Å². The molecule has 2 aromatic rings. The summed E-state index contributed by atoms with van der Waals surface area (Å²) in [6.07, 6.45) is 0. The molecule has 2 N–H and O–H groups in total. The summed E-state index contributed by atoms with van der Waals surface area (Å²) in [5, 5.41) is 6.40. The minimum absolute atomic E-state index is 0.00326. The quantitative estimate of drug-likeness (QED) is 0.676. The predicted octanol–water partition coefficient (Wildman–Crippen LogP) is 4.08. The minimum Gasteiger partial charge on any atom is -0.366 e. The zero-order chi connectivity index (χ0) is 22.5. The number of carbonyl (C=O) groups is 2. The number of piperazine rings is 1. The Balaban J connectivity index is 1.65. The van der Waals surface area contributed by atoms with E-state index in [9.17, 15) is 9.59 Å². The Kier molecular flexibility index (Phi) is 7.51. The van der Waals surface area contributed by atoms with Gasteiger partial charge < -0.3 is 15.1 Å². The molecule has 1 heterocycles. The first kappa shape index (κ1) is 23.0. The van der Waals surface area contributed by atoms with Crippen molar-refractivity contribution in [2.24, 2.45) is 5.92 Å². The van der Waals surface area contributed by atoms with Gasteiger partial charge in [-0.3, -0.25) is 14.9 Å². The molecular formula is C23H27ClN4O2S. The van der Waals surface area contributed by atoms with Crippen molar-refractivity contribution in [3.8, 4) is 0 Å². The van der Waals surface area contributed by atoms with E-state index in [1.165, 1.54) is 0 Å². The standard InChI is InChI=1S/C23H27ClN4O2S/c1-15(2)22(30)28-12-10-27(11-13-28)20-7-5-4-6-19(20)25-23(31)26-21(29)17-9-8-16(3)14-18(17)24/h4-9,14-15H,10-13H2,1-3H3,(H2,25,26,29,31). The fourth-order valence-corrected chi connectivity index (χ4v) is 4.04. The Hall–Kier alpha value is -2.64. The number of rotatable bonds is 4. The molecule has 8 heteroatoms. The van der Waals surface area contributed by atoms with Crippen LogP contribution in [0.25, 0.3) is 0 Å². The first-order valence-electron chi connectivity index (χ1n) is 10.3. The lowest BCUT2D eigenvalue weighted by molar-refractivity contribution is -0.134. The molecule has 31 heavy (non-hydrogen) atoms. The molecule has 3 rings (SSSR count). The van der Waals surface area contributed by atoms with E-state index in [4.69, 9.17) is 23.8 Å². The summed E-state index contributed by atoms with van der Waals surface area (Å²) in [5.41, 5.74) is 3.12. The van der Waals surface area contributed by atoms with Crippen LogP contribution in [0, 0.1) is 12.8 Å². The lowest BCUT2D eigenvalue weighted by Gasteiger charge is -2.37. The molecule has 1 fully saturated rings. The summed E-state index contributed by atoms with van der Waals surface area (Å²) < 4.78 is 0. The number of amides is 2. The van der Waals surface area contributed by atoms with E-state index in [-0.39, 0.29) is 22.8 Å². The number of benzene rings is 2. The average molecular weight is 459 g/mol. The molecule has 0 atom stereocenters. The number of hydrogen-bond donors (Lipinski definition) is 2. The third kappa shape index (κ3) is 5.74. The molecule has 6 nitrogen and oxygen atoms in total. The Bertz CT molecular complexity index is 987. The molecule has 1 aliphatic heterocycles. The van der Waals surface area contributed by atoms with Gasteiger partial charge in [-0.15, -0.1) is 0 Å². The van der Waals surface area contributed by atoms with Crippen LogP contribution in [-0.4, -0.2) is 48.0 Å². The second-order valence-electron chi connectivity index (χ2n) is 7.88. The van der Waals surface area contributed by atoms with Crippen LogP contribution >= 0.6 is 23.8 Å². The molecule has 0 saturated carbocycles. The maximum Gasteiger partial charge on any atom is 0.258 e. The summed E-state index contributed by atoms with van der Waals surface area (Å²) in [7, 11) is 0. The van der Waals surface area contributed by atoms with E-state index in [1.807, 2.05) is 56.0 Å². The molecule has 0 aliphatic carbocycles. The van der Waals surface area contributed by atoms with Crippen molar-refractivity contribution < 1.29 is 9.59 Å². The number of aryl methyl sites for hydroxylation is 1. The topological polar surface area (TPSA) is 64.7 Å². The van der Waals surface area contributed by atoms with Gasteiger partial charge in [0.1, 0.15) is 0 Å². The molecule has 2 aromatic carbocycles. The van der Waals surface area contributed by atoms with Gasteiger partial charge in [0.25, 0.3) is 5.91 Å². The van der Waals surface area contributed by atoms with E-state index < -0.39 is 0 Å². The summed E-state index contributed by atoms with van der Waals surface area (Å²) in [4.78, 5) is 28.9. The number of thiocarbonyl (C=S) groups is 1. The van der Waals surface area contributed by atoms with Crippen molar-refractivity contribution in [2.75, 3.05) is 36.4 Å². The van der Waals surface area contributed by atoms with Crippen molar-refractivity contribution >= 4 is 52.1 Å². The number of nitrogens with zero attached hydrogens (tertiary/aromatic N) is 2. The van der Waals surface area contributed by atoms with Gasteiger partial charge in [-0.05, 0) is 49.0 Å². The van der Waals surface area contributed by atoms with Gasteiger partial charge in [0, 0.05) is 32.1 Å². The molecule has 0 radical (unpaired) electrons. The van der Waals surface area contributed by atoms with Gasteiger partial charge in [-0.2, -0.15) is 0 Å². The second-order valence-corrected chi connectivity index (χ2v) is 8.69. The van der Waals surface area contributed by atoms with Gasteiger partial charge >= 0.3 is 0 Å². The van der Waals surface area contributed by atoms with Crippen LogP contribution in [0.5, 0.6) is 0 Å². The van der Waals surface area contributed by atoms with Crippen molar-refractivity contribution in [1.29, 1.82) is 0 Å². The largest absolute Gasteiger partial charge is 0.366 e. The minimum atomic E-state index is -0.360. The lowest BCUT2D eigenvalue weighted by Crippen LogP contribution is -2.50. The Morgan fingerprint density at radius 2 is 1.74 bits per heavy atom. The van der Waals surface area contributed by atoms with E-state index in [0.717, 1.165) is 30.0 Å². The highest BCUT2D eigenvalue weighted by atomic mass is 35.5. The normalized spacial score (nSPS) is 13.8. The van der Waals surface area contributed by atoms with Gasteiger partial charge in [-0.25, -0.2) is 0 Å². The molecule has 1 aliphatic rings. The Morgan fingerprint density at radius 3 is 2.39 bits per heavy atom. The van der Waals surface area contributed by atoms with Crippen LogP contribution in [0.4, 0.5) is 11.4 Å². The number of halogens is 1. The molecule has 2 amide bonds. The number of carbonyl (C=O) groups excluding carboxylic acids is 2. The molecule has 0 unspecified atom stereocenters. The van der Waals surface area contributed by atoms with Crippen molar-refractivity contribution in [3.63, 3.8) is 0 Å². The highest BCUT2D eigenvalue weighted by Crippen LogP contribution is 2.27. The third-order valence-electron chi connectivity index (χ3n) is 5.17. The number of para-hydroxylation sites is 2. The summed E-state index contributed by atoms with van der Waals surface area (Å²) >= 11 is 11.6. The van der Waals surface area contributed by atoms with E-state index in [1.54, 1.807) is 12.1 Å². The summed E-state index contributed by atoms with van der Waals surface area (Å²) in [6, 6.07) is 13.0. The third-order valence-corrected chi connectivity index (χ3v) is 5.69. The second kappa shape index (κ2) is 10.1. The maximum atomic E-state index is 12.5. The van der Waals surface area contributed by atoms with Crippen LogP contribution in [0.3, 0.4) is 0 Å². The SMILES string of the molecule is Cc1ccc(C(=O)NC(=S)Nc2ccccc2N2CCN(C(=O)C(C)C)CC2)c(Cl)c1. The van der Waals surface area contributed by atoms with Crippen molar-refractivity contribution in [2.45, 2.75) is 20.8 Å². The van der Waals surface area contributed by atoms with Crippen LogP contribution in [0.1, 0.15) is 29.8 Å². The summed E-state index contributed by atoms with van der Waals surface area (Å²) in [6.45, 7) is 8.58. The van der Waals surface area contributed by atoms with Crippen LogP contribution in [-0.2, 0) is 4.79 Å². The zero-order valence-electron chi connectivity index (χ0n) is 17.9. The zero-order valence-corrected chi connectivity index (χ0v) is 19.5. The number of nitrogens with one attached hydrogen (secondary N) is 2. The monoisotopic (exact) mass is 458 g/mol. The molecule has 164 valence electrons. The van der Waals surface area contributed by atoms with E-state index >= 15 is 0 Å². The number of anilines is 2. The molecule has 0 spiro atoms. The lowest BCUT2D eigenvalue weighted by atomic mass is 10.1. The van der Waals surface area contributed by atoms with Gasteiger partial charge in [0.2, 0.25) is 5.91 Å². The smallest absolute Gasteiger partial charge is 0.258 e. The molecule has 1 saturated heterocycles. The van der Waals surface area contributed by atoms with Crippen molar-refractivity contribution in [1.82, 2.24) is 10.2 Å². The average Bonchev–Trinajstić information content (AvgIpc) is 2.73. The van der Waals surface area contributed by atoms with Gasteiger partial charge in [0.05, 0.1) is 22.0 Å². The van der Waals surface area contributed by atoms with Gasteiger partial charge in [-0.1, -0.05) is 43.6 Å². The molecule has 0 aromatic heterocycles. The van der Waals surface area contributed by atoms with Crippen molar-refractivity contribution in [3.05, 3.63) is 58.6 Å². The Morgan fingerprint density at radius 1 is 1.06 bits per heavy atom. The first-order valence-corrected chi connectivity index (χ1v) is 11.1. The number of hydrogen-bond acceptors (Lipinski definition) is 4. The van der Waals surface area contributed by atoms with Gasteiger partial charge in [0.15, 0.2) is 5.11 Å². The fourth-order valence-electron chi connectivity index (χ4n) is 3.52. The van der Waals surface area contributed by atoms with E-state index in [2.05, 4.69) is 15.5 Å². The molecule has 0 bridgehead atoms.